The number of benzene rings is 2. The van der Waals surface area contributed by atoms with Crippen LogP contribution in [0, 0.1) is 15.9 Å². The van der Waals surface area contributed by atoms with Crippen LogP contribution < -0.4 is 4.74 Å². The monoisotopic (exact) mass is 346 g/mol. The molecule has 132 valence electrons. The second-order valence-corrected chi connectivity index (χ2v) is 5.32. The summed E-state index contributed by atoms with van der Waals surface area (Å²) in [6.45, 7) is 4.40. The highest BCUT2D eigenvalue weighted by Crippen LogP contribution is 2.28. The smallest absolute Gasteiger partial charge is 0.311 e. The van der Waals surface area contributed by atoms with Gasteiger partial charge in [0.2, 0.25) is 0 Å². The van der Waals surface area contributed by atoms with Gasteiger partial charge in [0.15, 0.2) is 5.75 Å². The van der Waals surface area contributed by atoms with Gasteiger partial charge in [0.1, 0.15) is 5.82 Å². The minimum absolute atomic E-state index is 0.122. The Balaban J connectivity index is 2.27. The van der Waals surface area contributed by atoms with Crippen LogP contribution >= 0.6 is 0 Å². The van der Waals surface area contributed by atoms with Gasteiger partial charge in [-0.1, -0.05) is 12.1 Å². The van der Waals surface area contributed by atoms with E-state index in [0.717, 1.165) is 0 Å². The van der Waals surface area contributed by atoms with Crippen molar-refractivity contribution in [3.05, 3.63) is 69.5 Å². The lowest BCUT2D eigenvalue weighted by atomic mass is 10.1. The highest BCUT2D eigenvalue weighted by molar-refractivity contribution is 5.95. The first-order chi connectivity index (χ1) is 12.0. The van der Waals surface area contributed by atoms with Crippen molar-refractivity contribution in [1.29, 1.82) is 0 Å². The lowest BCUT2D eigenvalue weighted by molar-refractivity contribution is -0.385. The van der Waals surface area contributed by atoms with E-state index in [1.54, 1.807) is 26.0 Å². The topological polar surface area (TPSA) is 72.7 Å². The maximum absolute atomic E-state index is 13.3. The van der Waals surface area contributed by atoms with E-state index in [0.29, 0.717) is 12.1 Å². The van der Waals surface area contributed by atoms with E-state index in [4.69, 9.17) is 4.74 Å². The molecular formula is C18H19FN2O4. The van der Waals surface area contributed by atoms with E-state index < -0.39 is 4.92 Å². The molecule has 0 aliphatic rings. The number of nitro benzene ring substituents is 1. The second kappa shape index (κ2) is 8.23. The molecule has 6 nitrogen and oxygen atoms in total. The molecule has 1 amide bonds. The van der Waals surface area contributed by atoms with E-state index in [1.165, 1.54) is 35.2 Å². The maximum atomic E-state index is 13.3. The molecule has 0 radical (unpaired) electrons. The van der Waals surface area contributed by atoms with Gasteiger partial charge < -0.3 is 9.64 Å². The van der Waals surface area contributed by atoms with Crippen LogP contribution in [0.1, 0.15) is 29.8 Å². The van der Waals surface area contributed by atoms with Gasteiger partial charge in [0, 0.05) is 24.7 Å². The zero-order valence-electron chi connectivity index (χ0n) is 14.1. The van der Waals surface area contributed by atoms with Crippen LogP contribution in [0.25, 0.3) is 0 Å². The highest BCUT2D eigenvalue weighted by atomic mass is 19.1. The largest absolute Gasteiger partial charge is 0.487 e. The van der Waals surface area contributed by atoms with Crippen molar-refractivity contribution < 1.29 is 18.8 Å². The molecule has 0 saturated heterocycles. The second-order valence-electron chi connectivity index (χ2n) is 5.32. The summed E-state index contributed by atoms with van der Waals surface area (Å²) in [6.07, 6.45) is 0. The van der Waals surface area contributed by atoms with Crippen LogP contribution in [0.4, 0.5) is 10.1 Å². The number of hydrogen-bond acceptors (Lipinski definition) is 4. The van der Waals surface area contributed by atoms with Gasteiger partial charge in [0.05, 0.1) is 11.5 Å². The normalized spacial score (nSPS) is 10.4. The summed E-state index contributed by atoms with van der Waals surface area (Å²) in [6, 6.07) is 10.1. The summed E-state index contributed by atoms with van der Waals surface area (Å²) in [5.74, 6) is -0.618. The molecule has 0 bridgehead atoms. The Kier molecular flexibility index (Phi) is 6.05. The number of ether oxygens (including phenoxy) is 1. The van der Waals surface area contributed by atoms with Gasteiger partial charge in [-0.25, -0.2) is 4.39 Å². The van der Waals surface area contributed by atoms with Crippen molar-refractivity contribution in [3.8, 4) is 5.75 Å². The fourth-order valence-corrected chi connectivity index (χ4v) is 2.44. The van der Waals surface area contributed by atoms with Crippen molar-refractivity contribution in [3.63, 3.8) is 0 Å². The van der Waals surface area contributed by atoms with Crippen LogP contribution in [0.5, 0.6) is 5.75 Å². The fourth-order valence-electron chi connectivity index (χ4n) is 2.44. The summed E-state index contributed by atoms with van der Waals surface area (Å²) >= 11 is 0. The Morgan fingerprint density at radius 3 is 2.60 bits per heavy atom. The van der Waals surface area contributed by atoms with Gasteiger partial charge in [-0.3, -0.25) is 14.9 Å². The first-order valence-corrected chi connectivity index (χ1v) is 7.91. The predicted molar refractivity (Wildman–Crippen MR) is 91.1 cm³/mol. The molecule has 7 heteroatoms. The molecule has 0 unspecified atom stereocenters. The molecule has 0 N–H and O–H groups in total. The zero-order chi connectivity index (χ0) is 18.4. The molecule has 0 saturated carbocycles. The third-order valence-electron chi connectivity index (χ3n) is 3.63. The molecule has 0 aliphatic carbocycles. The van der Waals surface area contributed by atoms with E-state index >= 15 is 0 Å². The number of halogens is 1. The van der Waals surface area contributed by atoms with Gasteiger partial charge in [0.25, 0.3) is 5.91 Å². The van der Waals surface area contributed by atoms with Crippen LogP contribution in [0.2, 0.25) is 0 Å². The van der Waals surface area contributed by atoms with Crippen molar-refractivity contribution in [1.82, 2.24) is 4.90 Å². The predicted octanol–water partition coefficient (Wildman–Crippen LogP) is 3.79. The summed E-state index contributed by atoms with van der Waals surface area (Å²) in [5.41, 5.74) is 0.582. The quantitative estimate of drug-likeness (QED) is 0.565. The SMILES string of the molecule is CCOc1ccc(C(=O)N(CC)Cc2cccc(F)c2)cc1[N+](=O)[O-]. The highest BCUT2D eigenvalue weighted by Gasteiger charge is 2.21. The van der Waals surface area contributed by atoms with Crippen LogP contribution in [0.15, 0.2) is 42.5 Å². The van der Waals surface area contributed by atoms with Crippen molar-refractivity contribution >= 4 is 11.6 Å². The lowest BCUT2D eigenvalue weighted by Crippen LogP contribution is -2.30. The third kappa shape index (κ3) is 4.53. The fraction of sp³-hybridized carbons (Fsp3) is 0.278. The summed E-state index contributed by atoms with van der Waals surface area (Å²) in [5, 5.41) is 11.2. The Morgan fingerprint density at radius 2 is 2.00 bits per heavy atom. The number of hydrogen-bond donors (Lipinski definition) is 0. The molecule has 0 fully saturated rings. The Bertz CT molecular complexity index is 779. The molecule has 2 aromatic rings. The average Bonchev–Trinajstić information content (AvgIpc) is 2.59. The van der Waals surface area contributed by atoms with Gasteiger partial charge in [-0.05, 0) is 43.7 Å². The molecule has 0 aromatic heterocycles. The Morgan fingerprint density at radius 1 is 1.24 bits per heavy atom. The number of rotatable bonds is 7. The van der Waals surface area contributed by atoms with Gasteiger partial charge in [-0.15, -0.1) is 0 Å². The number of amides is 1. The molecule has 0 spiro atoms. The van der Waals surface area contributed by atoms with Crippen LogP contribution in [-0.2, 0) is 6.54 Å². The summed E-state index contributed by atoms with van der Waals surface area (Å²) < 4.78 is 18.5. The number of carbonyl (C=O) groups excluding carboxylic acids is 1. The van der Waals surface area contributed by atoms with Crippen molar-refractivity contribution in [2.24, 2.45) is 0 Å². The summed E-state index contributed by atoms with van der Waals surface area (Å²) in [7, 11) is 0. The minimum atomic E-state index is -0.579. The molecular weight excluding hydrogens is 327 g/mol. The van der Waals surface area contributed by atoms with Crippen LogP contribution in [-0.4, -0.2) is 28.9 Å². The van der Waals surface area contributed by atoms with Gasteiger partial charge >= 0.3 is 5.69 Å². The summed E-state index contributed by atoms with van der Waals surface area (Å²) in [4.78, 5) is 24.8. The minimum Gasteiger partial charge on any atom is -0.487 e. The third-order valence-corrected chi connectivity index (χ3v) is 3.63. The Labute approximate surface area is 145 Å². The standard InChI is InChI=1S/C18H19FN2O4/c1-3-20(12-13-6-5-7-15(19)10-13)18(22)14-8-9-17(25-4-2)16(11-14)21(23)24/h5-11H,3-4,12H2,1-2H3. The molecule has 2 aromatic carbocycles. The molecule has 0 heterocycles. The molecule has 25 heavy (non-hydrogen) atoms. The number of carbonyl (C=O) groups is 1. The molecule has 0 aliphatic heterocycles. The zero-order valence-corrected chi connectivity index (χ0v) is 14.1. The van der Waals surface area contributed by atoms with Crippen molar-refractivity contribution in [2.45, 2.75) is 20.4 Å². The first-order valence-electron chi connectivity index (χ1n) is 7.91. The number of nitrogens with zero attached hydrogens (tertiary/aromatic N) is 2. The first kappa shape index (κ1) is 18.4. The van der Waals surface area contributed by atoms with E-state index in [9.17, 15) is 19.3 Å². The van der Waals surface area contributed by atoms with Crippen molar-refractivity contribution in [2.75, 3.05) is 13.2 Å². The number of nitro groups is 1. The van der Waals surface area contributed by atoms with Gasteiger partial charge in [-0.2, -0.15) is 0 Å². The molecule has 0 atom stereocenters. The average molecular weight is 346 g/mol. The van der Waals surface area contributed by atoms with E-state index in [-0.39, 0.29) is 41.9 Å². The van der Waals surface area contributed by atoms with Crippen LogP contribution in [0.3, 0.4) is 0 Å². The Hall–Kier alpha value is -2.96. The lowest BCUT2D eigenvalue weighted by Gasteiger charge is -2.21. The van der Waals surface area contributed by atoms with E-state index in [1.807, 2.05) is 0 Å². The van der Waals surface area contributed by atoms with E-state index in [2.05, 4.69) is 0 Å². The molecule has 2 rings (SSSR count). The maximum Gasteiger partial charge on any atom is 0.311 e.